The molecule has 18 heteroatoms. The summed E-state index contributed by atoms with van der Waals surface area (Å²) in [6, 6.07) is 30.9. The summed E-state index contributed by atoms with van der Waals surface area (Å²) in [6.45, 7) is 8.28. The van der Waals surface area contributed by atoms with Crippen molar-refractivity contribution in [1.82, 2.24) is 0 Å². The van der Waals surface area contributed by atoms with E-state index in [4.69, 9.17) is 14.2 Å². The van der Waals surface area contributed by atoms with Crippen LogP contribution in [0.15, 0.2) is 124 Å². The quantitative estimate of drug-likeness (QED) is 0.0364. The zero-order valence-electron chi connectivity index (χ0n) is 44.0. The molecule has 6 aromatic rings. The molecule has 0 amide bonds. The molecule has 6 aromatic carbocycles. The molecule has 0 unspecified atom stereocenters. The number of nitrogens with zero attached hydrogens (tertiary/aromatic N) is 3. The van der Waals surface area contributed by atoms with E-state index < -0.39 is 35.5 Å². The number of halogens is 3. The maximum Gasteiger partial charge on any atom is 0.264 e. The lowest BCUT2D eigenvalue weighted by Gasteiger charge is -2.47. The summed E-state index contributed by atoms with van der Waals surface area (Å²) in [5, 5.41) is 2.54. The molecule has 0 aliphatic carbocycles. The summed E-state index contributed by atoms with van der Waals surface area (Å²) in [4.78, 5) is 0.407. The van der Waals surface area contributed by atoms with E-state index in [9.17, 15) is 0 Å². The van der Waals surface area contributed by atoms with Gasteiger partial charge in [0.05, 0.1) is 53.9 Å². The van der Waals surface area contributed by atoms with Crippen molar-refractivity contribution < 1.29 is 39.5 Å². The molecule has 9 rings (SSSR count). The highest BCUT2D eigenvalue weighted by Crippen LogP contribution is 2.68. The van der Waals surface area contributed by atoms with E-state index in [0.717, 1.165) is 90.5 Å². The topological polar surface area (TPSA) is 140 Å². The Morgan fingerprint density at radius 1 is 0.364 bits per heavy atom. The van der Waals surface area contributed by atoms with Crippen molar-refractivity contribution in [3.63, 3.8) is 0 Å². The lowest BCUT2D eigenvalue weighted by Crippen LogP contribution is -2.38. The Bertz CT molecular complexity index is 3020. The summed E-state index contributed by atoms with van der Waals surface area (Å²) in [7, 11) is -12.5. The second kappa shape index (κ2) is 24.0. The molecular weight excluding hydrogens is 1230 g/mol. The zero-order valence-corrected chi connectivity index (χ0v) is 51.2. The lowest BCUT2D eigenvalue weighted by atomic mass is 9.66. The van der Waals surface area contributed by atoms with Gasteiger partial charge in [0.2, 0.25) is 0 Å². The van der Waals surface area contributed by atoms with Crippen molar-refractivity contribution in [2.45, 2.75) is 125 Å². The molecule has 0 bridgehead atoms. The molecule has 0 fully saturated rings. The molecule has 0 saturated carbocycles. The number of rotatable bonds is 27. The number of ether oxygens (including phenoxy) is 3. The minimum Gasteiger partial charge on any atom is -0.456 e. The first kappa shape index (κ1) is 57.1. The van der Waals surface area contributed by atoms with E-state index in [1.807, 2.05) is 27.7 Å². The fraction of sp³-hybridized carbons (Fsp3) is 0.390. The van der Waals surface area contributed by atoms with Crippen molar-refractivity contribution in [3.8, 4) is 34.5 Å². The molecule has 0 radical (unpaired) electrons. The van der Waals surface area contributed by atoms with E-state index in [2.05, 4.69) is 47.8 Å². The van der Waals surface area contributed by atoms with Crippen LogP contribution >= 0.6 is 47.8 Å². The normalized spacial score (nSPS) is 13.8. The van der Waals surface area contributed by atoms with Gasteiger partial charge in [-0.05, 0) is 103 Å². The highest BCUT2D eigenvalue weighted by atomic mass is 79.9. The molecular formula is C59H66Br3N3O9S3. The zero-order chi connectivity index (χ0) is 54.7. The summed E-state index contributed by atoms with van der Waals surface area (Å²) >= 11 is 10.6. The second-order valence-corrected chi connectivity index (χ2v) is 28.3. The molecule has 3 heterocycles. The van der Waals surface area contributed by atoms with Gasteiger partial charge in [0.25, 0.3) is 30.1 Å². The molecule has 0 saturated heterocycles. The first-order valence-electron chi connectivity index (χ1n) is 26.5. The van der Waals surface area contributed by atoms with E-state index in [0.29, 0.717) is 87.5 Å². The Balaban J connectivity index is 1.26. The average molecular weight is 1300 g/mol. The number of unbranched alkanes of at least 4 members (excludes halogenated alkanes) is 9. The number of anilines is 3. The Morgan fingerprint density at radius 3 is 0.805 bits per heavy atom. The van der Waals surface area contributed by atoms with Gasteiger partial charge in [-0.3, -0.25) is 12.9 Å². The summed E-state index contributed by atoms with van der Waals surface area (Å²) in [5.74, 6) is 1.98. The fourth-order valence-electron chi connectivity index (χ4n) is 10.6. The van der Waals surface area contributed by atoms with Crippen LogP contribution in [-0.2, 0) is 35.5 Å². The largest absolute Gasteiger partial charge is 0.456 e. The van der Waals surface area contributed by atoms with E-state index in [1.54, 1.807) is 109 Å². The van der Waals surface area contributed by atoms with Gasteiger partial charge in [-0.1, -0.05) is 139 Å². The first-order valence-corrected chi connectivity index (χ1v) is 34.2. The van der Waals surface area contributed by atoms with Gasteiger partial charge >= 0.3 is 0 Å². The number of hydrogen-bond acceptors (Lipinski definition) is 9. The first-order chi connectivity index (χ1) is 36.9. The van der Waals surface area contributed by atoms with Crippen LogP contribution in [0.3, 0.4) is 0 Å². The van der Waals surface area contributed by atoms with Gasteiger partial charge in [0, 0.05) is 72.0 Å². The fourth-order valence-corrected chi connectivity index (χ4v) is 16.3. The average Bonchev–Trinajstić information content (AvgIpc) is 3.59. The van der Waals surface area contributed by atoms with Crippen LogP contribution in [0.4, 0.5) is 17.1 Å². The Kier molecular flexibility index (Phi) is 17.8. The van der Waals surface area contributed by atoms with E-state index in [1.165, 1.54) is 12.9 Å². The van der Waals surface area contributed by atoms with Crippen LogP contribution in [0.1, 0.15) is 117 Å². The number of benzene rings is 6. The number of alkyl halides is 3. The van der Waals surface area contributed by atoms with Crippen molar-refractivity contribution in [1.29, 1.82) is 0 Å². The molecule has 0 aromatic heterocycles. The smallest absolute Gasteiger partial charge is 0.264 e. The second-order valence-electron chi connectivity index (χ2n) is 20.4. The summed E-state index contributed by atoms with van der Waals surface area (Å²) in [5.41, 5.74) is 4.50. The third-order valence-electron chi connectivity index (χ3n) is 14.7. The van der Waals surface area contributed by atoms with E-state index in [-0.39, 0.29) is 34.3 Å². The van der Waals surface area contributed by atoms with E-state index >= 15 is 25.3 Å². The third-order valence-corrected chi connectivity index (χ3v) is 21.9. The van der Waals surface area contributed by atoms with Crippen molar-refractivity contribution in [2.24, 2.45) is 0 Å². The molecule has 3 aliphatic rings. The number of aryl methyl sites for hydroxylation is 3. The van der Waals surface area contributed by atoms with Crippen LogP contribution in [0, 0.1) is 20.8 Å². The van der Waals surface area contributed by atoms with Crippen molar-refractivity contribution in [3.05, 3.63) is 143 Å². The Labute approximate surface area is 481 Å². The Hall–Kier alpha value is -4.59. The van der Waals surface area contributed by atoms with Gasteiger partial charge in [0.15, 0.2) is 0 Å². The predicted octanol–water partition coefficient (Wildman–Crippen LogP) is 15.7. The van der Waals surface area contributed by atoms with Gasteiger partial charge in [-0.15, -0.1) is 0 Å². The summed E-state index contributed by atoms with van der Waals surface area (Å²) < 4.78 is 115. The van der Waals surface area contributed by atoms with Crippen LogP contribution in [0.2, 0.25) is 0 Å². The highest BCUT2D eigenvalue weighted by Gasteiger charge is 2.54. The molecule has 410 valence electrons. The van der Waals surface area contributed by atoms with Gasteiger partial charge in [-0.2, -0.15) is 0 Å². The Morgan fingerprint density at radius 2 is 0.584 bits per heavy atom. The SMILES string of the molecule is Cc1ccc(S(=O)(=O)N(CCCCCCBr)c2cc3c4c(c2)Oc2cc(N(CCCCCCBr)S(=O)(=O)c5ccc(C)cc5)cc5c2C4(C)c2c(cc(N(CCCCCCBr)S(=O)(=O)c4ccc(C)cc4)cc2O5)O3)cc1. The molecule has 3 aliphatic heterocycles. The minimum atomic E-state index is -4.16. The number of sulfonamides is 3. The molecule has 0 atom stereocenters. The maximum atomic E-state index is 15.0. The maximum absolute atomic E-state index is 15.0. The number of hydrogen-bond donors (Lipinski definition) is 0. The minimum absolute atomic E-state index is 0.136. The van der Waals surface area contributed by atoms with Crippen molar-refractivity contribution >= 4 is 94.9 Å². The molecule has 12 nitrogen and oxygen atoms in total. The lowest BCUT2D eigenvalue weighted by molar-refractivity contribution is 0.337. The monoisotopic (exact) mass is 1290 g/mol. The van der Waals surface area contributed by atoms with Crippen LogP contribution < -0.4 is 27.1 Å². The predicted molar refractivity (Wildman–Crippen MR) is 319 cm³/mol. The third kappa shape index (κ3) is 11.6. The van der Waals surface area contributed by atoms with Gasteiger partial charge in [0.1, 0.15) is 34.5 Å². The highest BCUT2D eigenvalue weighted by molar-refractivity contribution is 9.09. The van der Waals surface area contributed by atoms with Gasteiger partial charge < -0.3 is 14.2 Å². The molecule has 0 N–H and O–H groups in total. The van der Waals surface area contributed by atoms with Crippen LogP contribution in [0.25, 0.3) is 0 Å². The van der Waals surface area contributed by atoms with Crippen molar-refractivity contribution in [2.75, 3.05) is 48.5 Å². The van der Waals surface area contributed by atoms with Crippen LogP contribution in [0.5, 0.6) is 34.5 Å². The van der Waals surface area contributed by atoms with Gasteiger partial charge in [-0.25, -0.2) is 25.3 Å². The standard InChI is InChI=1S/C59H66Br3N3O9S3/c1-41-17-23-47(24-18-41)75(66,67)63(32-14-8-5-11-29-60)44-35-50-56-51(36-44)73-53-38-46(65(34-16-10-7-13-31-62)77(70,71)49-27-21-43(3)22-28-49)40-55-58(53)59(56,4)57-52(72-50)37-45(39-54(57)74-55)64(33-15-9-6-12-30-61)76(68,69)48-25-19-42(2)20-26-48/h17-28,35-40H,5-16,29-34H2,1-4H3. The molecule has 77 heavy (non-hydrogen) atoms. The van der Waals surface area contributed by atoms with Crippen LogP contribution in [-0.4, -0.2) is 60.9 Å². The molecule has 0 spiro atoms. The summed E-state index contributed by atoms with van der Waals surface area (Å²) in [6.07, 6.45) is 9.71.